The SMILES string of the molecule is Cc1[nH]nc2ccc(-c3nc4ccc(N)c(C(=N)N)c4c4c3CCCC4)cc12. The number of aromatic nitrogens is 3. The first kappa shape index (κ1) is 16.7. The van der Waals surface area contributed by atoms with Crippen LogP contribution >= 0.6 is 0 Å². The van der Waals surface area contributed by atoms with Gasteiger partial charge in [0.15, 0.2) is 0 Å². The first-order valence-corrected chi connectivity index (χ1v) is 9.58. The Kier molecular flexibility index (Phi) is 3.62. The number of H-pyrrole nitrogens is 1. The topological polar surface area (TPSA) is 117 Å². The molecule has 1 aliphatic carbocycles. The van der Waals surface area contributed by atoms with E-state index in [1.807, 2.05) is 19.1 Å². The Hall–Kier alpha value is -3.41. The summed E-state index contributed by atoms with van der Waals surface area (Å²) in [6.07, 6.45) is 4.19. The summed E-state index contributed by atoms with van der Waals surface area (Å²) in [7, 11) is 0. The quantitative estimate of drug-likeness (QED) is 0.244. The lowest BCUT2D eigenvalue weighted by molar-refractivity contribution is 0.689. The van der Waals surface area contributed by atoms with Crippen molar-refractivity contribution in [1.82, 2.24) is 15.2 Å². The number of benzene rings is 2. The van der Waals surface area contributed by atoms with Gasteiger partial charge in [-0.2, -0.15) is 5.10 Å². The van der Waals surface area contributed by atoms with Crippen molar-refractivity contribution in [3.8, 4) is 11.3 Å². The number of nitrogens with two attached hydrogens (primary N) is 2. The lowest BCUT2D eigenvalue weighted by atomic mass is 9.84. The third kappa shape index (κ3) is 2.37. The third-order valence-corrected chi connectivity index (χ3v) is 5.79. The number of fused-ring (bicyclic) bond motifs is 4. The molecular formula is C22H22N6. The maximum absolute atomic E-state index is 8.05. The van der Waals surface area contributed by atoms with Crippen molar-refractivity contribution in [2.45, 2.75) is 32.6 Å². The van der Waals surface area contributed by atoms with E-state index in [1.54, 1.807) is 6.07 Å². The first-order chi connectivity index (χ1) is 13.5. The molecule has 0 radical (unpaired) electrons. The number of nitrogens with one attached hydrogen (secondary N) is 2. The molecule has 0 spiro atoms. The zero-order chi connectivity index (χ0) is 19.4. The zero-order valence-electron chi connectivity index (χ0n) is 15.8. The molecule has 0 bridgehead atoms. The highest BCUT2D eigenvalue weighted by Gasteiger charge is 2.23. The molecule has 6 nitrogen and oxygen atoms in total. The molecule has 6 heteroatoms. The van der Waals surface area contributed by atoms with Crippen molar-refractivity contribution >= 4 is 33.3 Å². The van der Waals surface area contributed by atoms with Crippen LogP contribution in [-0.2, 0) is 12.8 Å². The van der Waals surface area contributed by atoms with Crippen LogP contribution in [0, 0.1) is 12.3 Å². The van der Waals surface area contributed by atoms with E-state index >= 15 is 0 Å². The van der Waals surface area contributed by atoms with Crippen LogP contribution in [0.4, 0.5) is 5.69 Å². The largest absolute Gasteiger partial charge is 0.398 e. The van der Waals surface area contributed by atoms with E-state index in [-0.39, 0.29) is 5.84 Å². The number of pyridine rings is 1. The lowest BCUT2D eigenvalue weighted by Crippen LogP contribution is -2.17. The number of hydrogen-bond donors (Lipinski definition) is 4. The summed E-state index contributed by atoms with van der Waals surface area (Å²) in [5.41, 5.74) is 20.7. The fourth-order valence-electron chi connectivity index (χ4n) is 4.45. The van der Waals surface area contributed by atoms with Crippen LogP contribution in [0.3, 0.4) is 0 Å². The van der Waals surface area contributed by atoms with E-state index in [2.05, 4.69) is 22.3 Å². The number of amidine groups is 1. The van der Waals surface area contributed by atoms with Crippen LogP contribution in [0.2, 0.25) is 0 Å². The second-order valence-corrected chi connectivity index (χ2v) is 7.54. The Morgan fingerprint density at radius 3 is 2.61 bits per heavy atom. The number of anilines is 1. The van der Waals surface area contributed by atoms with Gasteiger partial charge in [0.05, 0.1) is 16.7 Å². The molecule has 2 heterocycles. The first-order valence-electron chi connectivity index (χ1n) is 9.58. The highest BCUT2D eigenvalue weighted by atomic mass is 15.1. The molecule has 2 aromatic heterocycles. The molecular weight excluding hydrogens is 348 g/mol. The molecule has 4 aromatic rings. The van der Waals surface area contributed by atoms with Gasteiger partial charge in [0.25, 0.3) is 0 Å². The van der Waals surface area contributed by atoms with Crippen LogP contribution in [0.25, 0.3) is 33.1 Å². The fraction of sp³-hybridized carbons (Fsp3) is 0.227. The molecule has 140 valence electrons. The normalized spacial score (nSPS) is 13.8. The molecule has 0 unspecified atom stereocenters. The van der Waals surface area contributed by atoms with Gasteiger partial charge in [-0.3, -0.25) is 10.5 Å². The minimum absolute atomic E-state index is 0.000801. The molecule has 0 saturated carbocycles. The van der Waals surface area contributed by atoms with E-state index in [0.29, 0.717) is 11.3 Å². The number of nitrogens with zero attached hydrogens (tertiary/aromatic N) is 2. The summed E-state index contributed by atoms with van der Waals surface area (Å²) in [4.78, 5) is 5.03. The Bertz CT molecular complexity index is 1270. The summed E-state index contributed by atoms with van der Waals surface area (Å²) < 4.78 is 0. The number of rotatable bonds is 2. The summed E-state index contributed by atoms with van der Waals surface area (Å²) in [6.45, 7) is 2.03. The third-order valence-electron chi connectivity index (χ3n) is 5.79. The lowest BCUT2D eigenvalue weighted by Gasteiger charge is -2.23. The van der Waals surface area contributed by atoms with Crippen LogP contribution < -0.4 is 11.5 Å². The molecule has 0 saturated heterocycles. The maximum atomic E-state index is 8.05. The molecule has 0 amide bonds. The Morgan fingerprint density at radius 1 is 1.07 bits per heavy atom. The van der Waals surface area contributed by atoms with Crippen LogP contribution in [0.15, 0.2) is 30.3 Å². The minimum Gasteiger partial charge on any atom is -0.398 e. The van der Waals surface area contributed by atoms with Gasteiger partial charge in [0.1, 0.15) is 5.84 Å². The summed E-state index contributed by atoms with van der Waals surface area (Å²) in [6, 6.07) is 10.0. The van der Waals surface area contributed by atoms with Crippen molar-refractivity contribution < 1.29 is 0 Å². The molecule has 0 aliphatic heterocycles. The van der Waals surface area contributed by atoms with E-state index in [0.717, 1.165) is 64.4 Å². The molecule has 28 heavy (non-hydrogen) atoms. The Morgan fingerprint density at radius 2 is 1.82 bits per heavy atom. The summed E-state index contributed by atoms with van der Waals surface area (Å²) >= 11 is 0. The van der Waals surface area contributed by atoms with Crippen molar-refractivity contribution in [3.05, 3.63) is 52.7 Å². The van der Waals surface area contributed by atoms with Gasteiger partial charge in [-0.05, 0) is 68.0 Å². The van der Waals surface area contributed by atoms with E-state index in [9.17, 15) is 0 Å². The minimum atomic E-state index is 0.000801. The van der Waals surface area contributed by atoms with Gasteiger partial charge >= 0.3 is 0 Å². The molecule has 0 fully saturated rings. The highest BCUT2D eigenvalue weighted by molar-refractivity contribution is 6.12. The predicted octanol–water partition coefficient (Wildman–Crippen LogP) is 3.83. The van der Waals surface area contributed by atoms with Crippen LogP contribution in [-0.4, -0.2) is 21.0 Å². The van der Waals surface area contributed by atoms with Crippen molar-refractivity contribution in [2.75, 3.05) is 5.73 Å². The van der Waals surface area contributed by atoms with E-state index in [4.69, 9.17) is 21.9 Å². The van der Waals surface area contributed by atoms with Crippen molar-refractivity contribution in [3.63, 3.8) is 0 Å². The highest BCUT2D eigenvalue weighted by Crippen LogP contribution is 2.38. The monoisotopic (exact) mass is 370 g/mol. The predicted molar refractivity (Wildman–Crippen MR) is 114 cm³/mol. The second-order valence-electron chi connectivity index (χ2n) is 7.54. The maximum Gasteiger partial charge on any atom is 0.125 e. The molecule has 0 atom stereocenters. The Balaban J connectivity index is 1.86. The van der Waals surface area contributed by atoms with Gasteiger partial charge in [-0.15, -0.1) is 0 Å². The molecule has 6 N–H and O–H groups in total. The standard InChI is InChI=1S/C22H22N6/c1-11-15-10-12(6-8-17(15)28-27-11)21-14-5-3-2-4-13(14)19-18(26-21)9-7-16(23)20(19)22(24)25/h6-10H,2-5,23H2,1H3,(H3,24,25)(H,27,28). The zero-order valence-corrected chi connectivity index (χ0v) is 15.8. The van der Waals surface area contributed by atoms with Crippen molar-refractivity contribution in [1.29, 1.82) is 5.41 Å². The fourth-order valence-corrected chi connectivity index (χ4v) is 4.45. The number of nitrogen functional groups attached to an aromatic ring is 2. The van der Waals surface area contributed by atoms with Gasteiger partial charge in [-0.25, -0.2) is 4.98 Å². The average Bonchev–Trinajstić information content (AvgIpc) is 3.07. The van der Waals surface area contributed by atoms with E-state index in [1.165, 1.54) is 11.1 Å². The van der Waals surface area contributed by atoms with Gasteiger partial charge in [-0.1, -0.05) is 6.07 Å². The van der Waals surface area contributed by atoms with E-state index < -0.39 is 0 Å². The second kappa shape index (κ2) is 6.05. The smallest absolute Gasteiger partial charge is 0.125 e. The number of hydrogen-bond acceptors (Lipinski definition) is 4. The van der Waals surface area contributed by atoms with Gasteiger partial charge in [0.2, 0.25) is 0 Å². The van der Waals surface area contributed by atoms with Crippen LogP contribution in [0.1, 0.15) is 35.2 Å². The van der Waals surface area contributed by atoms with Gasteiger partial charge < -0.3 is 11.5 Å². The molecule has 5 rings (SSSR count). The van der Waals surface area contributed by atoms with Gasteiger partial charge in [0, 0.05) is 33.3 Å². The number of aromatic amines is 1. The van der Waals surface area contributed by atoms with Crippen molar-refractivity contribution in [2.24, 2.45) is 5.73 Å². The van der Waals surface area contributed by atoms with Crippen LogP contribution in [0.5, 0.6) is 0 Å². The Labute approximate surface area is 162 Å². The summed E-state index contributed by atoms with van der Waals surface area (Å²) in [5.74, 6) is 0.000801. The molecule has 1 aliphatic rings. The number of aryl methyl sites for hydroxylation is 2. The molecule has 2 aromatic carbocycles. The summed E-state index contributed by atoms with van der Waals surface area (Å²) in [5, 5.41) is 17.5. The average molecular weight is 370 g/mol.